The lowest BCUT2D eigenvalue weighted by Gasteiger charge is -2.34. The zero-order valence-corrected chi connectivity index (χ0v) is 37.1. The van der Waals surface area contributed by atoms with Gasteiger partial charge in [0.05, 0.1) is 62.9 Å². The maximum Gasteiger partial charge on any atom is 0.0726 e. The summed E-state index contributed by atoms with van der Waals surface area (Å²) in [6.45, 7) is 0. The molecular weight excluding hydrogens is 879 g/mol. The lowest BCUT2D eigenvalue weighted by molar-refractivity contribution is 0.768. The van der Waals surface area contributed by atoms with Crippen LogP contribution in [0.5, 0.6) is 0 Å². The van der Waals surface area contributed by atoms with Crippen LogP contribution in [0.2, 0.25) is 0 Å². The molecule has 0 fully saturated rings. The molecule has 0 amide bonds. The fraction of sp³-hybridized carbons (Fsp3) is 0.0278. The molecule has 1 nitrogen and oxygen atoms in total. The summed E-state index contributed by atoms with van der Waals surface area (Å²) >= 11 is 0. The van der Waals surface area contributed by atoms with Crippen molar-refractivity contribution in [2.45, 2.75) is 10.8 Å². The smallest absolute Gasteiger partial charge is 0.0726 e. The summed E-state index contributed by atoms with van der Waals surface area (Å²) in [5.41, 5.74) is -19.2. The Kier molecular flexibility index (Phi) is 4.13. The Morgan fingerprint density at radius 3 is 1.67 bits per heavy atom. The summed E-state index contributed by atoms with van der Waals surface area (Å²) in [6, 6.07) is -27.4. The highest BCUT2D eigenvalue weighted by Crippen LogP contribution is 2.64. The predicted octanol–water partition coefficient (Wildman–Crippen LogP) is 18.4. The van der Waals surface area contributed by atoms with Crippen LogP contribution in [-0.4, -0.2) is 0 Å². The topological polar surface area (TPSA) is 3.24 Å². The molecule has 3 aliphatic carbocycles. The van der Waals surface area contributed by atoms with E-state index in [2.05, 4.69) is 0 Å². The third-order valence-electron chi connectivity index (χ3n) is 13.6. The minimum atomic E-state index is -3.11. The maximum absolute atomic E-state index is 10.8. The highest BCUT2D eigenvalue weighted by atomic mass is 15.1. The molecule has 12 aromatic rings. The van der Waals surface area contributed by atoms with E-state index in [0.717, 1.165) is 42.5 Å². The number of rotatable bonds is 7. The van der Waals surface area contributed by atoms with E-state index in [1.54, 1.807) is 0 Å². The van der Waals surface area contributed by atoms with Crippen LogP contribution in [0.3, 0.4) is 0 Å². The molecule has 3 aliphatic rings. The summed E-state index contributed by atoms with van der Waals surface area (Å²) in [4.78, 5) is 0.652. The van der Waals surface area contributed by atoms with E-state index in [4.69, 9.17) is 17.8 Å². The first kappa shape index (κ1) is 18.7. The summed E-state index contributed by atoms with van der Waals surface area (Å²) in [6.07, 6.45) is 0. The second-order valence-electron chi connectivity index (χ2n) is 16.9. The van der Waals surface area contributed by atoms with E-state index >= 15 is 0 Å². The molecule has 0 N–H and O–H groups in total. The molecule has 0 radical (unpaired) electrons. The molecule has 340 valence electrons. The minimum Gasteiger partial charge on any atom is -0.310 e. The number of para-hydroxylation sites is 1. The van der Waals surface area contributed by atoms with Crippen molar-refractivity contribution in [1.82, 2.24) is 0 Å². The lowest BCUT2D eigenvalue weighted by Crippen LogP contribution is -2.28. The van der Waals surface area contributed by atoms with Crippen LogP contribution >= 0.6 is 0 Å². The number of nitrogens with zero attached hydrogens (tertiary/aromatic N) is 1. The van der Waals surface area contributed by atoms with Crippen LogP contribution in [0.1, 0.15) is 96.6 Å². The predicted molar refractivity (Wildman–Crippen MR) is 303 cm³/mol. The normalized spacial score (nSPS) is 22.3. The van der Waals surface area contributed by atoms with Crippen LogP contribution < -0.4 is 4.90 Å². The van der Waals surface area contributed by atoms with E-state index in [1.165, 1.54) is 12.1 Å². The second-order valence-corrected chi connectivity index (χ2v) is 16.9. The van der Waals surface area contributed by atoms with Gasteiger partial charge in [0.25, 0.3) is 0 Å². The van der Waals surface area contributed by atoms with Gasteiger partial charge < -0.3 is 4.90 Å². The van der Waals surface area contributed by atoms with Crippen molar-refractivity contribution >= 4 is 27.8 Å². The zero-order valence-electron chi connectivity index (χ0n) is 75.1. The van der Waals surface area contributed by atoms with Gasteiger partial charge in [-0.3, -0.25) is 0 Å². The fourth-order valence-electron chi connectivity index (χ4n) is 10.8. The van der Waals surface area contributed by atoms with E-state index in [1.807, 2.05) is 0 Å². The molecule has 1 spiro atoms. The largest absolute Gasteiger partial charge is 0.310 e. The van der Waals surface area contributed by atoms with Gasteiger partial charge in [-0.1, -0.05) is 248 Å². The first-order valence-corrected chi connectivity index (χ1v) is 22.4. The molecule has 15 rings (SSSR count). The molecule has 0 aliphatic heterocycles. The van der Waals surface area contributed by atoms with Crippen molar-refractivity contribution in [3.63, 3.8) is 0 Å². The van der Waals surface area contributed by atoms with Crippen molar-refractivity contribution in [2.24, 2.45) is 0 Å². The van der Waals surface area contributed by atoms with Gasteiger partial charge in [0.1, 0.15) is 0 Å². The first-order chi connectivity index (χ1) is 52.0. The van der Waals surface area contributed by atoms with Gasteiger partial charge in [0, 0.05) is 17.1 Å². The van der Waals surface area contributed by atoms with Gasteiger partial charge in [-0.25, -0.2) is 0 Å². The molecule has 1 atom stereocenters. The van der Waals surface area contributed by atoms with Gasteiger partial charge in [-0.2, -0.15) is 0 Å². The molecule has 0 aromatic heterocycles. The Balaban J connectivity index is 1.12. The van der Waals surface area contributed by atoms with Crippen LogP contribution in [0.15, 0.2) is 284 Å². The molecule has 12 aromatic carbocycles. The molecule has 0 saturated carbocycles. The number of anilines is 3. The highest BCUT2D eigenvalue weighted by Gasteiger charge is 2.52. The van der Waals surface area contributed by atoms with E-state index < -0.39 is 346 Å². The molecule has 1 heteroatoms. The van der Waals surface area contributed by atoms with Crippen molar-refractivity contribution in [2.75, 3.05) is 4.90 Å². The maximum atomic E-state index is 10.8. The van der Waals surface area contributed by atoms with Crippen LogP contribution in [0, 0.1) is 0 Å². The van der Waals surface area contributed by atoms with Crippen molar-refractivity contribution in [3.8, 4) is 55.6 Å². The summed E-state index contributed by atoms with van der Waals surface area (Å²) in [7, 11) is 0. The minimum absolute atomic E-state index is 0.175. The Bertz CT molecular complexity index is 6310. The SMILES string of the molecule is [2H]c1cccc(N(c2c([2H])c([2H])c(-c3c([2H])c([2H])c4c([2H])c([2H])c([2H])c([2H])c4c3-c3cccc4c3-c3c([2H])c([2H])c([2H])c([2H])c3C4(c3c([2H])c([2H])c([2H])c([2H])c3[2H])c3c([2H])c([2H])c([2H])c([2H])c3[2H])c([2H])c2[2H])c2c([2H])c([2H])c3c(c2[2H])C2(c4ccc([2H])c([2H])c4-3)c3cc([2H])c([2H])c([2H])c3-c3c([2H])c([2H])c([2H])c([2H])c32)c1[2H]. The number of hydrogen-bond donors (Lipinski definition) is 0. The molecule has 0 saturated heterocycles. The quantitative estimate of drug-likeness (QED) is 0.154. The molecule has 73 heavy (non-hydrogen) atoms. The van der Waals surface area contributed by atoms with Gasteiger partial charge in [-0.15, -0.1) is 0 Å². The van der Waals surface area contributed by atoms with Gasteiger partial charge in [0.15, 0.2) is 0 Å². The third kappa shape index (κ3) is 5.79. The average Bonchev–Trinajstić information content (AvgIpc) is 1.49. The van der Waals surface area contributed by atoms with Crippen molar-refractivity contribution < 1.29 is 52.1 Å². The summed E-state index contributed by atoms with van der Waals surface area (Å²) in [5, 5.41) is -1.55. The molecule has 0 bridgehead atoms. The first-order valence-electron chi connectivity index (χ1n) is 41.4. The second kappa shape index (κ2) is 16.1. The standard InChI is InChI=1S/C72H47N/c1-4-22-50(23-5-1)71(51-24-6-2-7-25-51)66-37-19-15-32-61(66)70-62(33-20-38-67(70)71)69-55-28-11-10-21-48(55)41-45-56(69)49-39-42-53(43-40-49)73(52-26-8-3-9-27-52)54-44-46-60-59-31-14-18-36-65(59)72(68(60)47-54)63-34-16-12-29-57(63)58-30-13-17-35-64(58)72/h1-47H/i1D,2D,4D,5D,6D,7D,8D,10D,11D,12D,13D,14D,15D,16D,17D,19D,21D,22D,23D,24D,25D,26D,28D,29D,30D,31D,32D,34D,37D,39D,40D,41D,42D,43D,44D,45D,46D,47D. The van der Waals surface area contributed by atoms with Crippen LogP contribution in [0.4, 0.5) is 17.1 Å². The van der Waals surface area contributed by atoms with Crippen LogP contribution in [-0.2, 0) is 10.8 Å². The van der Waals surface area contributed by atoms with Gasteiger partial charge >= 0.3 is 0 Å². The van der Waals surface area contributed by atoms with E-state index in [-0.39, 0.29) is 22.3 Å². The Morgan fingerprint density at radius 1 is 0.288 bits per heavy atom. The van der Waals surface area contributed by atoms with Gasteiger partial charge in [-0.05, 0) is 147 Å². The number of benzene rings is 12. The van der Waals surface area contributed by atoms with Gasteiger partial charge in [0.2, 0.25) is 0 Å². The Morgan fingerprint density at radius 2 is 0.877 bits per heavy atom. The zero-order chi connectivity index (χ0) is 81.2. The summed E-state index contributed by atoms with van der Waals surface area (Å²) in [5.74, 6) is 0. The van der Waals surface area contributed by atoms with E-state index in [0.29, 0.717) is 4.90 Å². The Hall–Kier alpha value is -9.30. The third-order valence-corrected chi connectivity index (χ3v) is 13.6. The lowest BCUT2D eigenvalue weighted by atomic mass is 9.67. The highest BCUT2D eigenvalue weighted by molar-refractivity contribution is 6.09. The number of fused-ring (bicyclic) bond motifs is 14. The summed E-state index contributed by atoms with van der Waals surface area (Å²) < 4.78 is 362. The molecule has 1 unspecified atom stereocenters. The Labute approximate surface area is 480 Å². The number of hydrogen-bond acceptors (Lipinski definition) is 1. The van der Waals surface area contributed by atoms with E-state index in [9.17, 15) is 34.3 Å². The van der Waals surface area contributed by atoms with Crippen molar-refractivity contribution in [3.05, 3.63) is 329 Å². The monoisotopic (exact) mass is 964 g/mol. The molecule has 0 heterocycles. The fourth-order valence-corrected chi connectivity index (χ4v) is 10.8. The van der Waals surface area contributed by atoms with Crippen LogP contribution in [0.25, 0.3) is 66.4 Å². The average molecular weight is 964 g/mol. The van der Waals surface area contributed by atoms with Crippen molar-refractivity contribution in [1.29, 1.82) is 0 Å². The molecular formula is C72H47N.